The van der Waals surface area contributed by atoms with Crippen molar-refractivity contribution >= 4 is 29.0 Å². The molecule has 1 heterocycles. The Hall–Kier alpha value is -1.32. The molecule has 0 aliphatic heterocycles. The number of nitrogens with zero attached hydrogens (tertiary/aromatic N) is 2. The molecule has 0 radical (unpaired) electrons. The Morgan fingerprint density at radius 2 is 1.76 bits per heavy atom. The standard InChI is InChI=1S/C12H11Cl2N3/c13-10-5-2-8(7-11(10)14)1-3-9-4-6-12(15)17-16-9/h2,4-7H,1,3H2,(H2,15,17). The molecule has 0 fully saturated rings. The van der Waals surface area contributed by atoms with Gasteiger partial charge in [-0.2, -0.15) is 5.10 Å². The molecule has 88 valence electrons. The van der Waals surface area contributed by atoms with E-state index in [-0.39, 0.29) is 0 Å². The molecule has 0 amide bonds. The first-order valence-corrected chi connectivity index (χ1v) is 5.93. The fourth-order valence-corrected chi connectivity index (χ4v) is 1.79. The molecule has 5 heteroatoms. The first-order valence-electron chi connectivity index (χ1n) is 5.17. The topological polar surface area (TPSA) is 51.8 Å². The maximum Gasteiger partial charge on any atom is 0.146 e. The van der Waals surface area contributed by atoms with Gasteiger partial charge in [0, 0.05) is 0 Å². The minimum absolute atomic E-state index is 0.434. The fourth-order valence-electron chi connectivity index (χ4n) is 1.47. The largest absolute Gasteiger partial charge is 0.382 e. The molecule has 2 aromatic rings. The van der Waals surface area contributed by atoms with Gasteiger partial charge in [-0.1, -0.05) is 29.3 Å². The van der Waals surface area contributed by atoms with Crippen molar-refractivity contribution in [2.24, 2.45) is 0 Å². The number of aromatic nitrogens is 2. The zero-order valence-electron chi connectivity index (χ0n) is 9.03. The van der Waals surface area contributed by atoms with Gasteiger partial charge in [0.05, 0.1) is 15.7 Å². The molecule has 3 nitrogen and oxygen atoms in total. The van der Waals surface area contributed by atoms with Crippen LogP contribution >= 0.6 is 23.2 Å². The summed E-state index contributed by atoms with van der Waals surface area (Å²) in [6.07, 6.45) is 1.64. The second-order valence-corrected chi connectivity index (χ2v) is 4.51. The summed E-state index contributed by atoms with van der Waals surface area (Å²) < 4.78 is 0. The van der Waals surface area contributed by atoms with Gasteiger partial charge in [-0.05, 0) is 42.7 Å². The van der Waals surface area contributed by atoms with Gasteiger partial charge in [0.15, 0.2) is 0 Å². The summed E-state index contributed by atoms with van der Waals surface area (Å²) in [5.41, 5.74) is 7.50. The monoisotopic (exact) mass is 267 g/mol. The molecule has 0 spiro atoms. The molecular formula is C12H11Cl2N3. The van der Waals surface area contributed by atoms with Crippen molar-refractivity contribution in [3.8, 4) is 0 Å². The van der Waals surface area contributed by atoms with Gasteiger partial charge in [0.25, 0.3) is 0 Å². The summed E-state index contributed by atoms with van der Waals surface area (Å²) in [7, 11) is 0. The SMILES string of the molecule is Nc1ccc(CCc2ccc(Cl)c(Cl)c2)nn1. The molecule has 0 aliphatic rings. The molecular weight excluding hydrogens is 257 g/mol. The maximum atomic E-state index is 5.94. The zero-order valence-corrected chi connectivity index (χ0v) is 10.5. The van der Waals surface area contributed by atoms with E-state index >= 15 is 0 Å². The molecule has 2 rings (SSSR count). The van der Waals surface area contributed by atoms with Crippen molar-refractivity contribution in [2.45, 2.75) is 12.8 Å². The molecule has 0 unspecified atom stereocenters. The lowest BCUT2D eigenvalue weighted by molar-refractivity contribution is 0.863. The van der Waals surface area contributed by atoms with Gasteiger partial charge >= 0.3 is 0 Å². The highest BCUT2D eigenvalue weighted by molar-refractivity contribution is 6.42. The van der Waals surface area contributed by atoms with E-state index in [4.69, 9.17) is 28.9 Å². The highest BCUT2D eigenvalue weighted by Crippen LogP contribution is 2.23. The van der Waals surface area contributed by atoms with Gasteiger partial charge in [-0.25, -0.2) is 0 Å². The Bertz CT molecular complexity index is 512. The van der Waals surface area contributed by atoms with Crippen LogP contribution in [-0.2, 0) is 12.8 Å². The van der Waals surface area contributed by atoms with Crippen LogP contribution in [0.15, 0.2) is 30.3 Å². The van der Waals surface area contributed by atoms with E-state index in [9.17, 15) is 0 Å². The lowest BCUT2D eigenvalue weighted by Gasteiger charge is -2.03. The Morgan fingerprint density at radius 3 is 2.41 bits per heavy atom. The number of benzene rings is 1. The highest BCUT2D eigenvalue weighted by Gasteiger charge is 2.01. The molecule has 1 aromatic heterocycles. The van der Waals surface area contributed by atoms with Crippen LogP contribution in [0.5, 0.6) is 0 Å². The second-order valence-electron chi connectivity index (χ2n) is 3.70. The van der Waals surface area contributed by atoms with Crippen LogP contribution in [0.3, 0.4) is 0 Å². The Kier molecular flexibility index (Phi) is 3.82. The zero-order chi connectivity index (χ0) is 12.3. The van der Waals surface area contributed by atoms with Crippen LogP contribution in [0, 0.1) is 0 Å². The van der Waals surface area contributed by atoms with E-state index in [1.807, 2.05) is 18.2 Å². The van der Waals surface area contributed by atoms with Crippen LogP contribution in [0.25, 0.3) is 0 Å². The summed E-state index contributed by atoms with van der Waals surface area (Å²) in [4.78, 5) is 0. The Balaban J connectivity index is 2.02. The summed E-state index contributed by atoms with van der Waals surface area (Å²) in [6, 6.07) is 9.25. The number of anilines is 1. The molecule has 0 saturated carbocycles. The summed E-state index contributed by atoms with van der Waals surface area (Å²) in [5.74, 6) is 0.434. The van der Waals surface area contributed by atoms with Crippen molar-refractivity contribution in [3.63, 3.8) is 0 Å². The Morgan fingerprint density at radius 1 is 0.941 bits per heavy atom. The molecule has 2 N–H and O–H groups in total. The molecule has 17 heavy (non-hydrogen) atoms. The fraction of sp³-hybridized carbons (Fsp3) is 0.167. The molecule has 0 aliphatic carbocycles. The van der Waals surface area contributed by atoms with Gasteiger partial charge < -0.3 is 5.73 Å². The van der Waals surface area contributed by atoms with Gasteiger partial charge in [0.1, 0.15) is 5.82 Å². The van der Waals surface area contributed by atoms with Gasteiger partial charge in [0.2, 0.25) is 0 Å². The molecule has 1 aromatic carbocycles. The summed E-state index contributed by atoms with van der Waals surface area (Å²) >= 11 is 11.8. The third kappa shape index (κ3) is 3.32. The lowest BCUT2D eigenvalue weighted by Crippen LogP contribution is -1.99. The van der Waals surface area contributed by atoms with E-state index in [1.165, 1.54) is 0 Å². The smallest absolute Gasteiger partial charge is 0.146 e. The predicted octanol–water partition coefficient (Wildman–Crippen LogP) is 3.15. The minimum Gasteiger partial charge on any atom is -0.382 e. The maximum absolute atomic E-state index is 5.94. The van der Waals surface area contributed by atoms with Crippen LogP contribution in [0.4, 0.5) is 5.82 Å². The van der Waals surface area contributed by atoms with Crippen LogP contribution < -0.4 is 5.73 Å². The second kappa shape index (κ2) is 5.34. The summed E-state index contributed by atoms with van der Waals surface area (Å²) in [5, 5.41) is 8.95. The van der Waals surface area contributed by atoms with Gasteiger partial charge in [-0.3, -0.25) is 0 Å². The number of halogens is 2. The predicted molar refractivity (Wildman–Crippen MR) is 70.3 cm³/mol. The lowest BCUT2D eigenvalue weighted by atomic mass is 10.1. The average molecular weight is 268 g/mol. The molecule has 0 saturated heterocycles. The number of hydrogen-bond acceptors (Lipinski definition) is 3. The van der Waals surface area contributed by atoms with E-state index in [1.54, 1.807) is 12.1 Å². The van der Waals surface area contributed by atoms with Crippen molar-refractivity contribution in [2.75, 3.05) is 5.73 Å². The Labute approximate surface area is 110 Å². The van der Waals surface area contributed by atoms with Gasteiger partial charge in [-0.15, -0.1) is 5.10 Å². The van der Waals surface area contributed by atoms with Crippen molar-refractivity contribution in [3.05, 3.63) is 51.6 Å². The van der Waals surface area contributed by atoms with Crippen LogP contribution in [0.1, 0.15) is 11.3 Å². The highest BCUT2D eigenvalue weighted by atomic mass is 35.5. The number of aryl methyl sites for hydroxylation is 2. The minimum atomic E-state index is 0.434. The quantitative estimate of drug-likeness (QED) is 0.930. The number of rotatable bonds is 3. The summed E-state index contributed by atoms with van der Waals surface area (Å²) in [6.45, 7) is 0. The first kappa shape index (κ1) is 12.1. The molecule has 0 bridgehead atoms. The van der Waals surface area contributed by atoms with E-state index < -0.39 is 0 Å². The number of nitrogens with two attached hydrogens (primary N) is 1. The third-order valence-corrected chi connectivity index (χ3v) is 3.13. The van der Waals surface area contributed by atoms with E-state index in [2.05, 4.69) is 10.2 Å². The third-order valence-electron chi connectivity index (χ3n) is 2.39. The van der Waals surface area contributed by atoms with Crippen molar-refractivity contribution < 1.29 is 0 Å². The van der Waals surface area contributed by atoms with E-state index in [0.717, 1.165) is 24.1 Å². The molecule has 0 atom stereocenters. The number of hydrogen-bond donors (Lipinski definition) is 1. The van der Waals surface area contributed by atoms with Crippen LogP contribution in [-0.4, -0.2) is 10.2 Å². The average Bonchev–Trinajstić information content (AvgIpc) is 2.33. The van der Waals surface area contributed by atoms with Crippen LogP contribution in [0.2, 0.25) is 10.0 Å². The normalized spacial score (nSPS) is 10.5. The first-order chi connectivity index (χ1) is 8.15. The van der Waals surface area contributed by atoms with Crippen molar-refractivity contribution in [1.29, 1.82) is 0 Å². The number of nitrogen functional groups attached to an aromatic ring is 1. The van der Waals surface area contributed by atoms with Crippen molar-refractivity contribution in [1.82, 2.24) is 10.2 Å². The van der Waals surface area contributed by atoms with E-state index in [0.29, 0.717) is 15.9 Å².